The molecule has 0 radical (unpaired) electrons. The third kappa shape index (κ3) is 4.83. The highest BCUT2D eigenvalue weighted by atomic mass is 32.2. The number of rotatable bonds is 6. The number of nitrogens with one attached hydrogen (secondary N) is 1. The van der Waals surface area contributed by atoms with Crippen LogP contribution < -0.4 is 10.2 Å². The maximum Gasteiger partial charge on any atom is 0.327 e. The van der Waals surface area contributed by atoms with Crippen LogP contribution in [-0.4, -0.2) is 23.0 Å². The first-order chi connectivity index (χ1) is 13.0. The van der Waals surface area contributed by atoms with Gasteiger partial charge in [0.15, 0.2) is 5.13 Å². The molecule has 27 heavy (non-hydrogen) atoms. The summed E-state index contributed by atoms with van der Waals surface area (Å²) in [5, 5.41) is 2.97. The monoisotopic (exact) mass is 410 g/mol. The van der Waals surface area contributed by atoms with Crippen LogP contribution in [0.5, 0.6) is 0 Å². The van der Waals surface area contributed by atoms with Crippen molar-refractivity contribution in [3.8, 4) is 0 Å². The largest absolute Gasteiger partial charge is 0.445 e. The molecule has 0 spiro atoms. The maximum atomic E-state index is 13.8. The lowest BCUT2D eigenvalue weighted by Gasteiger charge is -2.17. The van der Waals surface area contributed by atoms with E-state index in [1.165, 1.54) is 36.2 Å². The van der Waals surface area contributed by atoms with Crippen LogP contribution in [0.15, 0.2) is 39.2 Å². The fraction of sp³-hybridized carbons (Fsp3) is 0.235. The molecule has 0 aliphatic heterocycles. The van der Waals surface area contributed by atoms with E-state index in [0.717, 1.165) is 33.4 Å². The van der Waals surface area contributed by atoms with Crippen LogP contribution in [0.25, 0.3) is 0 Å². The Morgan fingerprint density at radius 3 is 2.85 bits per heavy atom. The first-order valence-electron chi connectivity index (χ1n) is 7.98. The molecule has 0 saturated carbocycles. The number of thioether (sulfide) groups is 1. The van der Waals surface area contributed by atoms with E-state index in [9.17, 15) is 13.6 Å². The molecular weight excluding hydrogens is 394 g/mol. The van der Waals surface area contributed by atoms with Gasteiger partial charge in [0.1, 0.15) is 17.4 Å². The lowest BCUT2D eigenvalue weighted by Crippen LogP contribution is -2.31. The van der Waals surface area contributed by atoms with Gasteiger partial charge in [-0.1, -0.05) is 18.3 Å². The van der Waals surface area contributed by atoms with Crippen LogP contribution in [0.3, 0.4) is 0 Å². The predicted octanol–water partition coefficient (Wildman–Crippen LogP) is 4.93. The van der Waals surface area contributed by atoms with Gasteiger partial charge in [0.2, 0.25) is 5.89 Å². The average Bonchev–Trinajstić information content (AvgIpc) is 3.28. The Hall–Kier alpha value is -2.46. The summed E-state index contributed by atoms with van der Waals surface area (Å²) >= 11 is 2.77. The zero-order valence-corrected chi connectivity index (χ0v) is 16.2. The Morgan fingerprint density at radius 1 is 1.33 bits per heavy atom. The minimum absolute atomic E-state index is 0.0318. The molecule has 0 bridgehead atoms. The molecule has 0 fully saturated rings. The number of urea groups is 1. The van der Waals surface area contributed by atoms with E-state index < -0.39 is 17.7 Å². The number of benzene rings is 1. The van der Waals surface area contributed by atoms with Crippen LogP contribution in [0.2, 0.25) is 0 Å². The van der Waals surface area contributed by atoms with Crippen molar-refractivity contribution in [1.82, 2.24) is 9.97 Å². The number of hydrogen-bond acceptors (Lipinski definition) is 6. The Labute approximate surface area is 162 Å². The van der Waals surface area contributed by atoms with E-state index in [0.29, 0.717) is 16.8 Å². The molecule has 1 aromatic carbocycles. The van der Waals surface area contributed by atoms with Gasteiger partial charge in [-0.2, -0.15) is 0 Å². The normalized spacial score (nSPS) is 10.8. The highest BCUT2D eigenvalue weighted by Gasteiger charge is 2.17. The Bertz CT molecular complexity index is 945. The molecule has 142 valence electrons. The molecule has 0 unspecified atom stereocenters. The van der Waals surface area contributed by atoms with Crippen LogP contribution in [0.1, 0.15) is 18.6 Å². The summed E-state index contributed by atoms with van der Waals surface area (Å²) in [6, 6.07) is 2.44. The van der Waals surface area contributed by atoms with Crippen LogP contribution in [0, 0.1) is 11.6 Å². The highest BCUT2D eigenvalue weighted by molar-refractivity contribution is 8.00. The van der Waals surface area contributed by atoms with Crippen molar-refractivity contribution in [3.05, 3.63) is 53.9 Å². The van der Waals surface area contributed by atoms with Crippen molar-refractivity contribution in [2.24, 2.45) is 0 Å². The van der Waals surface area contributed by atoms with E-state index >= 15 is 0 Å². The van der Waals surface area contributed by atoms with Gasteiger partial charge in [-0.15, -0.1) is 11.8 Å². The summed E-state index contributed by atoms with van der Waals surface area (Å²) in [4.78, 5) is 21.6. The Morgan fingerprint density at radius 2 is 2.15 bits per heavy atom. The SMILES string of the molecule is CCc1cnc(CSc2cnc(NC(=O)N(C)c3ccc(F)cc3F)s2)o1. The molecule has 10 heteroatoms. The predicted molar refractivity (Wildman–Crippen MR) is 101 cm³/mol. The summed E-state index contributed by atoms with van der Waals surface area (Å²) in [5.41, 5.74) is -0.0318. The topological polar surface area (TPSA) is 71.3 Å². The molecule has 0 saturated heterocycles. The van der Waals surface area contributed by atoms with Gasteiger partial charge in [0.05, 0.1) is 28.0 Å². The van der Waals surface area contributed by atoms with Crippen LogP contribution >= 0.6 is 23.1 Å². The van der Waals surface area contributed by atoms with E-state index in [-0.39, 0.29) is 5.69 Å². The van der Waals surface area contributed by atoms with E-state index in [1.807, 2.05) is 6.92 Å². The number of oxazole rings is 1. The molecule has 2 amide bonds. The summed E-state index contributed by atoms with van der Waals surface area (Å²) in [7, 11) is 1.39. The van der Waals surface area contributed by atoms with Crippen molar-refractivity contribution >= 4 is 39.9 Å². The summed E-state index contributed by atoms with van der Waals surface area (Å²) in [6.07, 6.45) is 4.13. The number of thiazole rings is 1. The van der Waals surface area contributed by atoms with Crippen LogP contribution in [-0.2, 0) is 12.2 Å². The Kier molecular flexibility index (Phi) is 6.07. The molecular formula is C17H16F2N4O2S2. The van der Waals surface area contributed by atoms with E-state index in [2.05, 4.69) is 15.3 Å². The van der Waals surface area contributed by atoms with Crippen molar-refractivity contribution < 1.29 is 18.0 Å². The molecule has 3 aromatic rings. The van der Waals surface area contributed by atoms with Gasteiger partial charge in [0, 0.05) is 19.5 Å². The van der Waals surface area contributed by atoms with Crippen molar-refractivity contribution in [3.63, 3.8) is 0 Å². The number of halogens is 2. The van der Waals surface area contributed by atoms with Gasteiger partial charge in [-0.05, 0) is 12.1 Å². The lowest BCUT2D eigenvalue weighted by molar-refractivity contribution is 0.258. The van der Waals surface area contributed by atoms with Gasteiger partial charge in [-0.3, -0.25) is 10.2 Å². The summed E-state index contributed by atoms with van der Waals surface area (Å²) in [6.45, 7) is 1.99. The first-order valence-corrected chi connectivity index (χ1v) is 9.78. The molecule has 2 aromatic heterocycles. The van der Waals surface area contributed by atoms with Crippen molar-refractivity contribution in [2.75, 3.05) is 17.3 Å². The van der Waals surface area contributed by atoms with E-state index in [4.69, 9.17) is 4.42 Å². The molecule has 1 N–H and O–H groups in total. The number of nitrogens with zero attached hydrogens (tertiary/aromatic N) is 3. The first kappa shape index (κ1) is 19.3. The molecule has 0 atom stereocenters. The zero-order valence-electron chi connectivity index (χ0n) is 14.5. The molecule has 6 nitrogen and oxygen atoms in total. The number of amides is 2. The summed E-state index contributed by atoms with van der Waals surface area (Å²) in [5.74, 6) is 0.487. The smallest absolute Gasteiger partial charge is 0.327 e. The zero-order chi connectivity index (χ0) is 19.4. The average molecular weight is 410 g/mol. The second kappa shape index (κ2) is 8.49. The third-order valence-electron chi connectivity index (χ3n) is 3.56. The number of aryl methyl sites for hydroxylation is 1. The van der Waals surface area contributed by atoms with Gasteiger partial charge in [-0.25, -0.2) is 23.5 Å². The Balaban J connectivity index is 1.58. The maximum absolute atomic E-state index is 13.8. The van der Waals surface area contributed by atoms with Crippen molar-refractivity contribution in [1.29, 1.82) is 0 Å². The second-order valence-corrected chi connectivity index (χ2v) is 7.74. The third-order valence-corrected chi connectivity index (χ3v) is 5.65. The minimum Gasteiger partial charge on any atom is -0.445 e. The van der Waals surface area contributed by atoms with Gasteiger partial charge < -0.3 is 4.42 Å². The van der Waals surface area contributed by atoms with E-state index in [1.54, 1.807) is 12.4 Å². The molecule has 2 heterocycles. The molecule has 3 rings (SSSR count). The number of anilines is 2. The minimum atomic E-state index is -0.819. The number of aromatic nitrogens is 2. The molecule has 0 aliphatic carbocycles. The van der Waals surface area contributed by atoms with Gasteiger partial charge >= 0.3 is 6.03 Å². The van der Waals surface area contributed by atoms with Crippen LogP contribution in [0.4, 0.5) is 24.4 Å². The number of carbonyl (C=O) groups is 1. The standard InChI is InChI=1S/C17H16F2N4O2S2/c1-3-11-7-20-14(25-11)9-26-15-8-21-16(27-15)22-17(24)23(2)13-5-4-10(18)6-12(13)19/h4-8H,3,9H2,1-2H3,(H,21,22,24). The molecule has 0 aliphatic rings. The highest BCUT2D eigenvalue weighted by Crippen LogP contribution is 2.31. The number of hydrogen-bond donors (Lipinski definition) is 1. The summed E-state index contributed by atoms with van der Waals surface area (Å²) < 4.78 is 33.2. The van der Waals surface area contributed by atoms with Gasteiger partial charge in [0.25, 0.3) is 0 Å². The lowest BCUT2D eigenvalue weighted by atomic mass is 10.3. The fourth-order valence-corrected chi connectivity index (χ4v) is 3.85. The second-order valence-electron chi connectivity index (χ2n) is 5.43. The fourth-order valence-electron chi connectivity index (χ4n) is 2.13. The quantitative estimate of drug-likeness (QED) is 0.583. The van der Waals surface area contributed by atoms with Crippen molar-refractivity contribution in [2.45, 2.75) is 23.3 Å². The number of carbonyl (C=O) groups excluding carboxylic acids is 1.